The molecule has 0 saturated heterocycles. The molecule has 2 unspecified atom stereocenters. The van der Waals surface area contributed by atoms with Gasteiger partial charge in [0, 0.05) is 24.7 Å². The molecule has 0 N–H and O–H groups in total. The van der Waals surface area contributed by atoms with Crippen LogP contribution in [0, 0.1) is 11.8 Å². The van der Waals surface area contributed by atoms with Crippen LogP contribution in [0.2, 0.25) is 0 Å². The molecule has 1 saturated carbocycles. The lowest BCUT2D eigenvalue weighted by Gasteiger charge is -2.14. The van der Waals surface area contributed by atoms with E-state index in [1.807, 2.05) is 0 Å². The molecule has 0 spiro atoms. The van der Waals surface area contributed by atoms with Crippen LogP contribution in [-0.2, 0) is 19.1 Å². The van der Waals surface area contributed by atoms with E-state index in [9.17, 15) is 14.4 Å². The number of hydrogen-bond acceptors (Lipinski definition) is 4. The Morgan fingerprint density at radius 2 is 1.95 bits per heavy atom. The van der Waals surface area contributed by atoms with E-state index in [-0.39, 0.29) is 28.8 Å². The molecular weight excluding hydrogens is 268 g/mol. The van der Waals surface area contributed by atoms with Gasteiger partial charge in [-0.15, -0.1) is 0 Å². The highest BCUT2D eigenvalue weighted by molar-refractivity contribution is 6.64. The van der Waals surface area contributed by atoms with Crippen LogP contribution in [0.1, 0.15) is 51.4 Å². The molecule has 0 heterocycles. The maximum atomic E-state index is 11.7. The fourth-order valence-corrected chi connectivity index (χ4v) is 2.89. The summed E-state index contributed by atoms with van der Waals surface area (Å²) in [6.07, 6.45) is 5.88. The Kier molecular flexibility index (Phi) is 7.06. The molecule has 0 aromatic heterocycles. The highest BCUT2D eigenvalue weighted by atomic mass is 35.5. The minimum atomic E-state index is -0.374. The average Bonchev–Trinajstić information content (AvgIpc) is 2.75. The van der Waals surface area contributed by atoms with Crippen molar-refractivity contribution in [2.45, 2.75) is 51.4 Å². The van der Waals surface area contributed by atoms with Gasteiger partial charge in [0.25, 0.3) is 0 Å². The summed E-state index contributed by atoms with van der Waals surface area (Å²) in [5.41, 5.74) is 0. The monoisotopic (exact) mass is 288 g/mol. The van der Waals surface area contributed by atoms with E-state index in [1.54, 1.807) is 0 Å². The Morgan fingerprint density at radius 3 is 2.58 bits per heavy atom. The molecule has 0 aromatic rings. The number of halogens is 1. The van der Waals surface area contributed by atoms with Crippen LogP contribution in [0.5, 0.6) is 0 Å². The van der Waals surface area contributed by atoms with Crippen molar-refractivity contribution in [3.05, 3.63) is 0 Å². The van der Waals surface area contributed by atoms with Crippen molar-refractivity contribution in [1.82, 2.24) is 0 Å². The third-order valence-corrected chi connectivity index (χ3v) is 4.05. The maximum Gasteiger partial charge on any atom is 0.305 e. The summed E-state index contributed by atoms with van der Waals surface area (Å²) in [5, 5.41) is -0.374. The fraction of sp³-hybridized carbons (Fsp3) is 0.786. The van der Waals surface area contributed by atoms with Gasteiger partial charge < -0.3 is 4.74 Å². The highest BCUT2D eigenvalue weighted by Gasteiger charge is 2.37. The number of ketones is 1. The van der Waals surface area contributed by atoms with Gasteiger partial charge in [0.15, 0.2) is 0 Å². The van der Waals surface area contributed by atoms with Crippen molar-refractivity contribution in [1.29, 1.82) is 0 Å². The van der Waals surface area contributed by atoms with E-state index in [4.69, 9.17) is 11.6 Å². The van der Waals surface area contributed by atoms with Crippen LogP contribution in [0.25, 0.3) is 0 Å². The number of ether oxygens (including phenoxy) is 1. The molecule has 108 valence electrons. The van der Waals surface area contributed by atoms with Crippen LogP contribution in [0.4, 0.5) is 0 Å². The van der Waals surface area contributed by atoms with Gasteiger partial charge in [0.2, 0.25) is 5.24 Å². The zero-order valence-electron chi connectivity index (χ0n) is 11.3. The molecule has 1 aliphatic rings. The first-order valence-corrected chi connectivity index (χ1v) is 7.23. The van der Waals surface area contributed by atoms with Crippen LogP contribution in [0.3, 0.4) is 0 Å². The van der Waals surface area contributed by atoms with E-state index in [0.29, 0.717) is 19.3 Å². The summed E-state index contributed by atoms with van der Waals surface area (Å²) >= 11 is 5.51. The standard InChI is InChI=1S/C14H21ClO4/c1-19-13(17)7-5-3-2-4-6-10-11(14(15)18)8-9-12(10)16/h10-11H,2-9H2,1H3. The van der Waals surface area contributed by atoms with Gasteiger partial charge in [-0.1, -0.05) is 19.3 Å². The summed E-state index contributed by atoms with van der Waals surface area (Å²) in [4.78, 5) is 33.8. The molecule has 1 fully saturated rings. The largest absolute Gasteiger partial charge is 0.469 e. The smallest absolute Gasteiger partial charge is 0.305 e. The van der Waals surface area contributed by atoms with Gasteiger partial charge in [-0.25, -0.2) is 0 Å². The van der Waals surface area contributed by atoms with Crippen molar-refractivity contribution in [2.75, 3.05) is 7.11 Å². The van der Waals surface area contributed by atoms with Crippen molar-refractivity contribution in [3.8, 4) is 0 Å². The van der Waals surface area contributed by atoms with E-state index in [1.165, 1.54) is 7.11 Å². The number of methoxy groups -OCH3 is 1. The number of unbranched alkanes of at least 4 members (excludes halogenated alkanes) is 3. The predicted octanol–water partition coefficient (Wildman–Crippen LogP) is 2.86. The Balaban J connectivity index is 2.16. The van der Waals surface area contributed by atoms with E-state index in [0.717, 1.165) is 32.1 Å². The van der Waals surface area contributed by atoms with Crippen LogP contribution < -0.4 is 0 Å². The lowest BCUT2D eigenvalue weighted by molar-refractivity contribution is -0.140. The molecule has 1 rings (SSSR count). The predicted molar refractivity (Wildman–Crippen MR) is 71.8 cm³/mol. The highest BCUT2D eigenvalue weighted by Crippen LogP contribution is 2.34. The molecule has 0 aromatic carbocycles. The second kappa shape index (κ2) is 8.31. The Hall–Kier alpha value is -0.900. The Morgan fingerprint density at radius 1 is 1.26 bits per heavy atom. The first-order valence-electron chi connectivity index (χ1n) is 6.85. The van der Waals surface area contributed by atoms with E-state index in [2.05, 4.69) is 4.74 Å². The number of hydrogen-bond donors (Lipinski definition) is 0. The molecular formula is C14H21ClO4. The molecule has 0 radical (unpaired) electrons. The molecule has 4 nitrogen and oxygen atoms in total. The third-order valence-electron chi connectivity index (χ3n) is 3.77. The minimum absolute atomic E-state index is 0.175. The van der Waals surface area contributed by atoms with Crippen LogP contribution >= 0.6 is 11.6 Å². The molecule has 2 atom stereocenters. The summed E-state index contributed by atoms with van der Waals surface area (Å²) < 4.78 is 4.56. The van der Waals surface area contributed by atoms with Crippen molar-refractivity contribution in [2.24, 2.45) is 11.8 Å². The van der Waals surface area contributed by atoms with Crippen molar-refractivity contribution in [3.63, 3.8) is 0 Å². The fourth-order valence-electron chi connectivity index (χ4n) is 2.63. The topological polar surface area (TPSA) is 60.4 Å². The summed E-state index contributed by atoms with van der Waals surface area (Å²) in [6.45, 7) is 0. The number of Topliss-reactive ketones (excluding diaryl/α,β-unsaturated/α-hetero) is 1. The third kappa shape index (κ3) is 5.31. The lowest BCUT2D eigenvalue weighted by Crippen LogP contribution is -2.19. The molecule has 1 aliphatic carbocycles. The SMILES string of the molecule is COC(=O)CCCCCCC1C(=O)CCC1C(=O)Cl. The summed E-state index contributed by atoms with van der Waals surface area (Å²) in [5.74, 6) is -0.456. The quantitative estimate of drug-likeness (QED) is 0.391. The normalized spacial score (nSPS) is 22.5. The van der Waals surface area contributed by atoms with Gasteiger partial charge in [0.1, 0.15) is 5.78 Å². The first kappa shape index (κ1) is 16.2. The van der Waals surface area contributed by atoms with E-state index < -0.39 is 0 Å². The second-order valence-electron chi connectivity index (χ2n) is 5.05. The summed E-state index contributed by atoms with van der Waals surface area (Å²) in [7, 11) is 1.39. The number of carbonyl (C=O) groups is 3. The molecule has 19 heavy (non-hydrogen) atoms. The Bertz CT molecular complexity index is 340. The average molecular weight is 289 g/mol. The van der Waals surface area contributed by atoms with Crippen LogP contribution in [0.15, 0.2) is 0 Å². The zero-order chi connectivity index (χ0) is 14.3. The van der Waals surface area contributed by atoms with E-state index >= 15 is 0 Å². The summed E-state index contributed by atoms with van der Waals surface area (Å²) in [6, 6.07) is 0. The second-order valence-corrected chi connectivity index (χ2v) is 5.42. The zero-order valence-corrected chi connectivity index (χ0v) is 12.1. The minimum Gasteiger partial charge on any atom is -0.469 e. The van der Waals surface area contributed by atoms with Crippen molar-refractivity contribution < 1.29 is 19.1 Å². The molecule has 0 aliphatic heterocycles. The van der Waals surface area contributed by atoms with Crippen LogP contribution in [-0.4, -0.2) is 24.1 Å². The van der Waals surface area contributed by atoms with Gasteiger partial charge in [-0.3, -0.25) is 14.4 Å². The first-order chi connectivity index (χ1) is 9.06. The number of carbonyl (C=O) groups excluding carboxylic acids is 3. The van der Waals surface area contributed by atoms with Gasteiger partial charge in [-0.2, -0.15) is 0 Å². The number of rotatable bonds is 8. The van der Waals surface area contributed by atoms with Gasteiger partial charge >= 0.3 is 5.97 Å². The molecule has 0 bridgehead atoms. The lowest BCUT2D eigenvalue weighted by atomic mass is 9.91. The van der Waals surface area contributed by atoms with Gasteiger partial charge in [0.05, 0.1) is 7.11 Å². The molecule has 5 heteroatoms. The molecule has 0 amide bonds. The van der Waals surface area contributed by atoms with Gasteiger partial charge in [-0.05, 0) is 30.9 Å². The number of esters is 1. The van der Waals surface area contributed by atoms with Crippen molar-refractivity contribution >= 4 is 28.6 Å². The Labute approximate surface area is 118 Å². The maximum absolute atomic E-state index is 11.7.